The molecule has 0 aliphatic carbocycles. The largest absolute Gasteiger partial charge is 0.464 e. The highest BCUT2D eigenvalue weighted by Crippen LogP contribution is 2.24. The number of carbonyl (C=O) groups is 2. The van der Waals surface area contributed by atoms with Crippen LogP contribution in [0.5, 0.6) is 0 Å². The van der Waals surface area contributed by atoms with Crippen LogP contribution in [-0.2, 0) is 14.3 Å². The van der Waals surface area contributed by atoms with E-state index in [-0.39, 0.29) is 12.5 Å². The second kappa shape index (κ2) is 8.10. The molecule has 2 heterocycles. The maximum atomic E-state index is 12.7. The Hall–Kier alpha value is -2.73. The third kappa shape index (κ3) is 3.91. The fraction of sp³-hybridized carbons (Fsp3) is 0.350. The maximum absolute atomic E-state index is 12.7. The second-order valence-corrected chi connectivity index (χ2v) is 6.17. The number of carbonyl (C=O) groups excluding carboxylic acids is 2. The van der Waals surface area contributed by atoms with E-state index in [4.69, 9.17) is 9.47 Å². The van der Waals surface area contributed by atoms with Crippen LogP contribution in [0.4, 0.5) is 0 Å². The zero-order chi connectivity index (χ0) is 18.4. The van der Waals surface area contributed by atoms with Gasteiger partial charge in [0, 0.05) is 37.8 Å². The summed E-state index contributed by atoms with van der Waals surface area (Å²) in [7, 11) is 0. The van der Waals surface area contributed by atoms with Gasteiger partial charge >= 0.3 is 5.97 Å². The highest BCUT2D eigenvalue weighted by Gasteiger charge is 2.43. The van der Waals surface area contributed by atoms with Gasteiger partial charge in [-0.3, -0.25) is 9.78 Å². The van der Waals surface area contributed by atoms with Crippen LogP contribution in [-0.4, -0.2) is 42.2 Å². The Morgan fingerprint density at radius 3 is 2.50 bits per heavy atom. The summed E-state index contributed by atoms with van der Waals surface area (Å²) in [4.78, 5) is 29.5. The van der Waals surface area contributed by atoms with Crippen molar-refractivity contribution < 1.29 is 19.1 Å². The van der Waals surface area contributed by atoms with Gasteiger partial charge in [0.15, 0.2) is 0 Å². The number of hydrogen-bond acceptors (Lipinski definition) is 5. The Labute approximate surface area is 152 Å². The minimum atomic E-state index is -1.04. The molecule has 136 valence electrons. The van der Waals surface area contributed by atoms with E-state index < -0.39 is 11.5 Å². The molecule has 0 atom stereocenters. The van der Waals surface area contributed by atoms with Gasteiger partial charge in [0.25, 0.3) is 5.91 Å². The molecular formula is C20H22N2O4. The summed E-state index contributed by atoms with van der Waals surface area (Å²) in [5.74, 6) is -0.752. The van der Waals surface area contributed by atoms with Crippen molar-refractivity contribution >= 4 is 11.9 Å². The van der Waals surface area contributed by atoms with Crippen LogP contribution in [0.15, 0.2) is 48.7 Å². The molecule has 6 nitrogen and oxygen atoms in total. The molecule has 1 aliphatic heterocycles. The van der Waals surface area contributed by atoms with Gasteiger partial charge in [0.05, 0.1) is 17.9 Å². The topological polar surface area (TPSA) is 77.5 Å². The number of amides is 1. The zero-order valence-corrected chi connectivity index (χ0v) is 14.7. The van der Waals surface area contributed by atoms with E-state index in [1.54, 1.807) is 19.1 Å². The molecule has 1 aromatic heterocycles. The molecule has 3 rings (SSSR count). The Kier molecular flexibility index (Phi) is 5.63. The third-order valence-corrected chi connectivity index (χ3v) is 4.46. The van der Waals surface area contributed by atoms with Crippen LogP contribution < -0.4 is 5.32 Å². The van der Waals surface area contributed by atoms with Crippen molar-refractivity contribution in [2.45, 2.75) is 25.3 Å². The molecule has 26 heavy (non-hydrogen) atoms. The van der Waals surface area contributed by atoms with Gasteiger partial charge in [0.1, 0.15) is 5.54 Å². The van der Waals surface area contributed by atoms with Crippen molar-refractivity contribution in [1.29, 1.82) is 0 Å². The molecule has 1 saturated heterocycles. The van der Waals surface area contributed by atoms with Crippen molar-refractivity contribution in [3.63, 3.8) is 0 Å². The molecule has 6 heteroatoms. The van der Waals surface area contributed by atoms with Crippen LogP contribution >= 0.6 is 0 Å². The smallest absolute Gasteiger partial charge is 0.332 e. The minimum Gasteiger partial charge on any atom is -0.464 e. The van der Waals surface area contributed by atoms with E-state index in [0.717, 1.165) is 11.3 Å². The Morgan fingerprint density at radius 2 is 1.88 bits per heavy atom. The lowest BCUT2D eigenvalue weighted by molar-refractivity contribution is -0.154. The van der Waals surface area contributed by atoms with Gasteiger partial charge < -0.3 is 14.8 Å². The Morgan fingerprint density at radius 1 is 1.15 bits per heavy atom. The molecule has 0 bridgehead atoms. The molecule has 1 aliphatic rings. The first kappa shape index (κ1) is 18.1. The highest BCUT2D eigenvalue weighted by molar-refractivity contribution is 5.98. The average molecular weight is 354 g/mol. The summed E-state index contributed by atoms with van der Waals surface area (Å²) in [6.07, 6.45) is 2.32. The molecule has 1 fully saturated rings. The molecule has 0 spiro atoms. The van der Waals surface area contributed by atoms with E-state index in [2.05, 4.69) is 10.3 Å². The van der Waals surface area contributed by atoms with Gasteiger partial charge in [-0.25, -0.2) is 4.79 Å². The first-order chi connectivity index (χ1) is 12.6. The van der Waals surface area contributed by atoms with E-state index in [1.165, 1.54) is 6.20 Å². The number of ether oxygens (including phenoxy) is 2. The predicted octanol–water partition coefficient (Wildman–Crippen LogP) is 2.59. The van der Waals surface area contributed by atoms with Crippen molar-refractivity contribution in [3.05, 3.63) is 54.2 Å². The summed E-state index contributed by atoms with van der Waals surface area (Å²) in [5.41, 5.74) is 1.13. The van der Waals surface area contributed by atoms with Crippen LogP contribution in [0.1, 0.15) is 30.1 Å². The number of aromatic nitrogens is 1. The number of rotatable bonds is 5. The quantitative estimate of drug-likeness (QED) is 0.835. The van der Waals surface area contributed by atoms with E-state index in [1.807, 2.05) is 30.3 Å². The molecule has 0 radical (unpaired) electrons. The number of hydrogen-bond donors (Lipinski definition) is 1. The summed E-state index contributed by atoms with van der Waals surface area (Å²) >= 11 is 0. The van der Waals surface area contributed by atoms with Crippen molar-refractivity contribution in [2.75, 3.05) is 19.8 Å². The van der Waals surface area contributed by atoms with Gasteiger partial charge in [-0.05, 0) is 19.1 Å². The van der Waals surface area contributed by atoms with Crippen LogP contribution in [0.2, 0.25) is 0 Å². The fourth-order valence-electron chi connectivity index (χ4n) is 2.97. The van der Waals surface area contributed by atoms with Crippen LogP contribution in [0.25, 0.3) is 11.3 Å². The number of pyridine rings is 1. The zero-order valence-electron chi connectivity index (χ0n) is 14.7. The lowest BCUT2D eigenvalue weighted by Crippen LogP contribution is -2.58. The third-order valence-electron chi connectivity index (χ3n) is 4.46. The minimum absolute atomic E-state index is 0.268. The van der Waals surface area contributed by atoms with Crippen LogP contribution in [0.3, 0.4) is 0 Å². The van der Waals surface area contributed by atoms with Gasteiger partial charge in [0.2, 0.25) is 0 Å². The fourth-order valence-corrected chi connectivity index (χ4v) is 2.97. The van der Waals surface area contributed by atoms with E-state index >= 15 is 0 Å². The van der Waals surface area contributed by atoms with E-state index in [9.17, 15) is 9.59 Å². The SMILES string of the molecule is CCOC(=O)C1(NC(=O)c2ccc(-c3ccccc3)nc2)CCOCC1. The van der Waals surface area contributed by atoms with Gasteiger partial charge in [-0.15, -0.1) is 0 Å². The number of esters is 1. The molecule has 0 saturated carbocycles. The summed E-state index contributed by atoms with van der Waals surface area (Å²) < 4.78 is 10.5. The summed E-state index contributed by atoms with van der Waals surface area (Å²) in [6, 6.07) is 13.2. The number of nitrogens with one attached hydrogen (secondary N) is 1. The second-order valence-electron chi connectivity index (χ2n) is 6.17. The standard InChI is InChI=1S/C20H22N2O4/c1-2-26-19(24)20(10-12-25-13-11-20)22-18(23)16-8-9-17(21-14-16)15-6-4-3-5-7-15/h3-9,14H,2,10-13H2,1H3,(H,22,23). The highest BCUT2D eigenvalue weighted by atomic mass is 16.5. The number of benzene rings is 1. The molecule has 1 aromatic carbocycles. The normalized spacial score (nSPS) is 15.9. The van der Waals surface area contributed by atoms with Crippen molar-refractivity contribution in [1.82, 2.24) is 10.3 Å². The molecule has 1 N–H and O–H groups in total. The molecular weight excluding hydrogens is 332 g/mol. The monoisotopic (exact) mass is 354 g/mol. The van der Waals surface area contributed by atoms with E-state index in [0.29, 0.717) is 31.6 Å². The predicted molar refractivity (Wildman–Crippen MR) is 96.6 cm³/mol. The lowest BCUT2D eigenvalue weighted by atomic mass is 9.89. The van der Waals surface area contributed by atoms with Gasteiger partial charge in [-0.2, -0.15) is 0 Å². The Balaban J connectivity index is 1.76. The lowest BCUT2D eigenvalue weighted by Gasteiger charge is -2.35. The first-order valence-corrected chi connectivity index (χ1v) is 8.73. The Bertz CT molecular complexity index is 753. The molecule has 2 aromatic rings. The van der Waals surface area contributed by atoms with Crippen LogP contribution in [0, 0.1) is 0 Å². The maximum Gasteiger partial charge on any atom is 0.332 e. The molecule has 0 unspecified atom stereocenters. The van der Waals surface area contributed by atoms with Gasteiger partial charge in [-0.1, -0.05) is 30.3 Å². The summed E-state index contributed by atoms with van der Waals surface area (Å²) in [6.45, 7) is 2.83. The number of nitrogens with zero attached hydrogens (tertiary/aromatic N) is 1. The average Bonchev–Trinajstić information content (AvgIpc) is 2.69. The summed E-state index contributed by atoms with van der Waals surface area (Å²) in [5, 5.41) is 2.86. The van der Waals surface area contributed by atoms with Crippen molar-refractivity contribution in [3.8, 4) is 11.3 Å². The first-order valence-electron chi connectivity index (χ1n) is 8.73. The molecule has 1 amide bonds. The van der Waals surface area contributed by atoms with Crippen molar-refractivity contribution in [2.24, 2.45) is 0 Å².